The second-order valence-electron chi connectivity index (χ2n) is 2.85. The molecule has 0 aliphatic rings. The number of hydrogen-bond acceptors (Lipinski definition) is 3. The standard InChI is InChI=1S/C9H9NS2/c1-5-3-4-6(2)8-7(5)11-9(10)12-8/h3-4,10H,1-2H3. The summed E-state index contributed by atoms with van der Waals surface area (Å²) in [6, 6.07) is 4.25. The van der Waals surface area contributed by atoms with Crippen LogP contribution in [-0.4, -0.2) is 0 Å². The molecule has 1 aromatic heterocycles. The minimum absolute atomic E-state index is 0.697. The quantitative estimate of drug-likeness (QED) is 0.668. The summed E-state index contributed by atoms with van der Waals surface area (Å²) in [6.45, 7) is 4.20. The van der Waals surface area contributed by atoms with Gasteiger partial charge in [-0.05, 0) is 25.0 Å². The Kier molecular flexibility index (Phi) is 1.77. The molecule has 1 nitrogen and oxygen atoms in total. The Morgan fingerprint density at radius 3 is 1.83 bits per heavy atom. The lowest BCUT2D eigenvalue weighted by molar-refractivity contribution is 1.41. The highest BCUT2D eigenvalue weighted by Crippen LogP contribution is 2.27. The largest absolute Gasteiger partial charge is 0.281 e. The first-order valence-electron chi connectivity index (χ1n) is 3.73. The number of rotatable bonds is 0. The predicted molar refractivity (Wildman–Crippen MR) is 55.0 cm³/mol. The van der Waals surface area contributed by atoms with Crippen molar-refractivity contribution >= 4 is 32.1 Å². The topological polar surface area (TPSA) is 23.9 Å². The smallest absolute Gasteiger partial charge is 0.164 e. The molecule has 3 heteroatoms. The van der Waals surface area contributed by atoms with E-state index in [1.807, 2.05) is 0 Å². The molecule has 0 saturated heterocycles. The maximum atomic E-state index is 7.55. The van der Waals surface area contributed by atoms with Crippen LogP contribution in [-0.2, 0) is 0 Å². The van der Waals surface area contributed by atoms with Crippen LogP contribution in [0.2, 0.25) is 0 Å². The van der Waals surface area contributed by atoms with E-state index in [1.165, 1.54) is 20.5 Å². The summed E-state index contributed by atoms with van der Waals surface area (Å²) < 4.78 is 3.26. The average molecular weight is 195 g/mol. The van der Waals surface area contributed by atoms with Crippen LogP contribution in [0.1, 0.15) is 11.1 Å². The lowest BCUT2D eigenvalue weighted by Crippen LogP contribution is -1.74. The molecule has 1 aromatic carbocycles. The van der Waals surface area contributed by atoms with Gasteiger partial charge < -0.3 is 0 Å². The van der Waals surface area contributed by atoms with Gasteiger partial charge >= 0.3 is 0 Å². The van der Waals surface area contributed by atoms with E-state index in [0.717, 1.165) is 0 Å². The first-order valence-corrected chi connectivity index (χ1v) is 5.36. The van der Waals surface area contributed by atoms with Crippen molar-refractivity contribution < 1.29 is 0 Å². The molecule has 0 unspecified atom stereocenters. The zero-order chi connectivity index (χ0) is 8.72. The van der Waals surface area contributed by atoms with E-state index in [1.54, 1.807) is 22.7 Å². The summed E-state index contributed by atoms with van der Waals surface area (Å²) in [5.74, 6) is 0. The fourth-order valence-corrected chi connectivity index (χ4v) is 3.47. The molecule has 0 amide bonds. The number of benzene rings is 1. The Balaban J connectivity index is 3.03. The van der Waals surface area contributed by atoms with Gasteiger partial charge in [0, 0.05) is 0 Å². The van der Waals surface area contributed by atoms with Gasteiger partial charge in [-0.2, -0.15) is 0 Å². The molecule has 0 aliphatic carbocycles. The van der Waals surface area contributed by atoms with Crippen LogP contribution in [0.5, 0.6) is 0 Å². The van der Waals surface area contributed by atoms with Crippen LogP contribution < -0.4 is 3.98 Å². The monoisotopic (exact) mass is 195 g/mol. The molecule has 0 saturated carbocycles. The number of aryl methyl sites for hydroxylation is 2. The zero-order valence-electron chi connectivity index (χ0n) is 6.97. The summed E-state index contributed by atoms with van der Waals surface area (Å²) in [5.41, 5.74) is 2.57. The third kappa shape index (κ3) is 1.09. The van der Waals surface area contributed by atoms with Gasteiger partial charge in [-0.1, -0.05) is 12.1 Å². The number of nitrogens with one attached hydrogen (secondary N) is 1. The van der Waals surface area contributed by atoms with Crippen LogP contribution in [0.3, 0.4) is 0 Å². The van der Waals surface area contributed by atoms with Crippen molar-refractivity contribution in [1.82, 2.24) is 0 Å². The van der Waals surface area contributed by atoms with Crippen LogP contribution in [0.25, 0.3) is 9.40 Å². The van der Waals surface area contributed by atoms with Gasteiger partial charge in [0.05, 0.1) is 9.40 Å². The summed E-state index contributed by atoms with van der Waals surface area (Å²) in [4.78, 5) is 0. The molecule has 0 radical (unpaired) electrons. The van der Waals surface area contributed by atoms with E-state index < -0.39 is 0 Å². The Bertz CT molecular complexity index is 437. The lowest BCUT2D eigenvalue weighted by Gasteiger charge is -1.96. The Labute approximate surface area is 78.8 Å². The van der Waals surface area contributed by atoms with Gasteiger partial charge in [-0.25, -0.2) is 0 Å². The summed E-state index contributed by atoms with van der Waals surface area (Å²) in [6.07, 6.45) is 0. The predicted octanol–water partition coefficient (Wildman–Crippen LogP) is 3.06. The number of fused-ring (bicyclic) bond motifs is 1. The highest BCUT2D eigenvalue weighted by molar-refractivity contribution is 7.35. The van der Waals surface area contributed by atoms with Gasteiger partial charge in [0.25, 0.3) is 0 Å². The van der Waals surface area contributed by atoms with E-state index in [0.29, 0.717) is 3.98 Å². The Hall–Kier alpha value is -0.670. The molecular weight excluding hydrogens is 186 g/mol. The molecule has 0 aliphatic heterocycles. The normalized spacial score (nSPS) is 10.8. The van der Waals surface area contributed by atoms with Crippen molar-refractivity contribution in [2.45, 2.75) is 13.8 Å². The molecule has 0 fully saturated rings. The highest BCUT2D eigenvalue weighted by atomic mass is 32.2. The first kappa shape index (κ1) is 7.95. The van der Waals surface area contributed by atoms with Gasteiger partial charge in [0.2, 0.25) is 0 Å². The van der Waals surface area contributed by atoms with Crippen LogP contribution >= 0.6 is 22.7 Å². The van der Waals surface area contributed by atoms with Crippen LogP contribution in [0, 0.1) is 19.3 Å². The van der Waals surface area contributed by atoms with Gasteiger partial charge in [0.1, 0.15) is 0 Å². The molecule has 12 heavy (non-hydrogen) atoms. The molecule has 62 valence electrons. The van der Waals surface area contributed by atoms with Crippen molar-refractivity contribution in [3.05, 3.63) is 27.2 Å². The summed E-state index contributed by atoms with van der Waals surface area (Å²) >= 11 is 3.16. The summed E-state index contributed by atoms with van der Waals surface area (Å²) in [7, 11) is 0. The van der Waals surface area contributed by atoms with E-state index in [2.05, 4.69) is 26.0 Å². The fourth-order valence-electron chi connectivity index (χ4n) is 1.22. The van der Waals surface area contributed by atoms with Crippen LogP contribution in [0.15, 0.2) is 12.1 Å². The van der Waals surface area contributed by atoms with E-state index in [9.17, 15) is 0 Å². The third-order valence-corrected chi connectivity index (χ3v) is 4.36. The maximum absolute atomic E-state index is 7.55. The van der Waals surface area contributed by atoms with E-state index in [4.69, 9.17) is 5.41 Å². The molecule has 0 spiro atoms. The molecule has 2 aromatic rings. The SMILES string of the molecule is Cc1ccc(C)c2sc(=N)sc12. The van der Waals surface area contributed by atoms with Crippen molar-refractivity contribution in [2.75, 3.05) is 0 Å². The minimum Gasteiger partial charge on any atom is -0.281 e. The molecule has 0 bridgehead atoms. The van der Waals surface area contributed by atoms with Crippen molar-refractivity contribution in [1.29, 1.82) is 5.41 Å². The first-order chi connectivity index (χ1) is 5.68. The Morgan fingerprint density at radius 1 is 1.00 bits per heavy atom. The maximum Gasteiger partial charge on any atom is 0.164 e. The van der Waals surface area contributed by atoms with Gasteiger partial charge in [-0.3, -0.25) is 5.41 Å². The second kappa shape index (κ2) is 2.68. The Morgan fingerprint density at radius 2 is 1.42 bits per heavy atom. The molecule has 1 N–H and O–H groups in total. The van der Waals surface area contributed by atoms with Crippen LogP contribution in [0.4, 0.5) is 0 Å². The molecule has 0 atom stereocenters. The fraction of sp³-hybridized carbons (Fsp3) is 0.222. The van der Waals surface area contributed by atoms with Gasteiger partial charge in [-0.15, -0.1) is 22.7 Å². The molecular formula is C9H9NS2. The second-order valence-corrected chi connectivity index (χ2v) is 5.15. The zero-order valence-corrected chi connectivity index (χ0v) is 8.60. The third-order valence-electron chi connectivity index (χ3n) is 1.90. The average Bonchev–Trinajstić information content (AvgIpc) is 2.41. The minimum atomic E-state index is 0.697. The molecule has 1 heterocycles. The van der Waals surface area contributed by atoms with Crippen molar-refractivity contribution in [2.24, 2.45) is 0 Å². The highest BCUT2D eigenvalue weighted by Gasteiger charge is 2.03. The van der Waals surface area contributed by atoms with E-state index in [-0.39, 0.29) is 0 Å². The molecule has 2 rings (SSSR count). The number of hydrogen-bond donors (Lipinski definition) is 1. The van der Waals surface area contributed by atoms with Gasteiger partial charge in [0.15, 0.2) is 3.98 Å². The van der Waals surface area contributed by atoms with Crippen molar-refractivity contribution in [3.63, 3.8) is 0 Å². The summed E-state index contributed by atoms with van der Waals surface area (Å²) in [5, 5.41) is 7.55. The lowest BCUT2D eigenvalue weighted by atomic mass is 10.2. The van der Waals surface area contributed by atoms with E-state index >= 15 is 0 Å². The van der Waals surface area contributed by atoms with Crippen molar-refractivity contribution in [3.8, 4) is 0 Å².